The van der Waals surface area contributed by atoms with Crippen LogP contribution >= 0.6 is 0 Å². The van der Waals surface area contributed by atoms with Crippen LogP contribution in [0.2, 0.25) is 0 Å². The molecule has 212 valence electrons. The predicted molar refractivity (Wildman–Crippen MR) is 153 cm³/mol. The molecule has 1 aliphatic carbocycles. The highest BCUT2D eigenvalue weighted by Crippen LogP contribution is 2.38. The molecule has 3 aromatic rings. The van der Waals surface area contributed by atoms with Gasteiger partial charge < -0.3 is 9.47 Å². The summed E-state index contributed by atoms with van der Waals surface area (Å²) in [6.45, 7) is 6.66. The summed E-state index contributed by atoms with van der Waals surface area (Å²) >= 11 is 0. The van der Waals surface area contributed by atoms with Crippen LogP contribution in [-0.2, 0) is 4.74 Å². The van der Waals surface area contributed by atoms with E-state index in [0.29, 0.717) is 23.1 Å². The summed E-state index contributed by atoms with van der Waals surface area (Å²) in [5.41, 5.74) is 1.92. The molecule has 0 aliphatic heterocycles. The zero-order valence-corrected chi connectivity index (χ0v) is 22.9. The number of unbranched alkanes of at least 4 members (excludes halogenated alkanes) is 1. The molecule has 0 amide bonds. The Balaban J connectivity index is 1.41. The highest BCUT2D eigenvalue weighted by atomic mass is 19.2. The molecule has 40 heavy (non-hydrogen) atoms. The van der Waals surface area contributed by atoms with Gasteiger partial charge in [-0.15, -0.1) is 6.58 Å². The predicted octanol–water partition coefficient (Wildman–Crippen LogP) is 9.88. The Kier molecular flexibility index (Phi) is 10.6. The second-order valence-corrected chi connectivity index (χ2v) is 10.2. The van der Waals surface area contributed by atoms with E-state index in [4.69, 9.17) is 9.47 Å². The van der Waals surface area contributed by atoms with Crippen LogP contribution in [0.3, 0.4) is 0 Å². The van der Waals surface area contributed by atoms with E-state index >= 15 is 8.78 Å². The fraction of sp³-hybridized carbons (Fsp3) is 0.353. The molecule has 0 unspecified atom stereocenters. The van der Waals surface area contributed by atoms with E-state index in [1.165, 1.54) is 18.2 Å². The van der Waals surface area contributed by atoms with E-state index in [1.807, 2.05) is 0 Å². The first-order valence-electron chi connectivity index (χ1n) is 14.0. The molecule has 0 aromatic heterocycles. The highest BCUT2D eigenvalue weighted by molar-refractivity contribution is 5.73. The Labute approximate surface area is 234 Å². The second kappa shape index (κ2) is 14.3. The van der Waals surface area contributed by atoms with Crippen molar-refractivity contribution in [3.05, 3.63) is 101 Å². The van der Waals surface area contributed by atoms with Crippen LogP contribution < -0.4 is 4.74 Å². The summed E-state index contributed by atoms with van der Waals surface area (Å²) in [5.74, 6) is -3.85. The molecular formula is C34H36F4O2. The van der Waals surface area contributed by atoms with Crippen molar-refractivity contribution in [2.45, 2.75) is 63.9 Å². The summed E-state index contributed by atoms with van der Waals surface area (Å²) in [6, 6.07) is 13.0. The Morgan fingerprint density at radius 1 is 0.800 bits per heavy atom. The topological polar surface area (TPSA) is 18.5 Å². The van der Waals surface area contributed by atoms with Gasteiger partial charge in [-0.05, 0) is 73.3 Å². The van der Waals surface area contributed by atoms with Gasteiger partial charge in [-0.3, -0.25) is 0 Å². The van der Waals surface area contributed by atoms with E-state index in [-0.39, 0.29) is 35.5 Å². The lowest BCUT2D eigenvalue weighted by atomic mass is 9.82. The molecule has 0 saturated heterocycles. The number of hydrogen-bond acceptors (Lipinski definition) is 2. The van der Waals surface area contributed by atoms with Gasteiger partial charge in [0, 0.05) is 17.7 Å². The maximum Gasteiger partial charge on any atom is 0.201 e. The molecule has 1 saturated carbocycles. The summed E-state index contributed by atoms with van der Waals surface area (Å²) in [5, 5.41) is 0. The SMILES string of the molecule is C=CCCOc1ccc(/C=C/c2ccc(-c3ccc(C4CCC(OCCCC)CC4)c(F)c3F)cc2)c(F)c1F. The fourth-order valence-electron chi connectivity index (χ4n) is 5.04. The Hall–Kier alpha value is -3.38. The van der Waals surface area contributed by atoms with Gasteiger partial charge in [0.2, 0.25) is 5.82 Å². The van der Waals surface area contributed by atoms with Crippen LogP contribution in [0.15, 0.2) is 61.2 Å². The van der Waals surface area contributed by atoms with Crippen LogP contribution in [0, 0.1) is 23.3 Å². The number of benzene rings is 3. The first-order valence-corrected chi connectivity index (χ1v) is 14.0. The number of rotatable bonds is 12. The number of halogens is 4. The maximum atomic E-state index is 15.2. The third-order valence-electron chi connectivity index (χ3n) is 7.41. The van der Waals surface area contributed by atoms with Crippen molar-refractivity contribution >= 4 is 12.2 Å². The maximum absolute atomic E-state index is 15.2. The standard InChI is InChI=1S/C34H36F4O2/c1-3-5-21-39-27-16-13-25(14-17-27)29-19-18-28(32(36)33(29)37)24-10-7-23(8-11-24)9-12-26-15-20-30(34(38)31(26)35)40-22-6-4-2/h4,7-12,15,18-20,25,27H,2-3,5-6,13-14,16-17,21-22H2,1H3/b12-9+. The van der Waals surface area contributed by atoms with Crippen molar-refractivity contribution in [2.24, 2.45) is 0 Å². The molecule has 0 N–H and O–H groups in total. The lowest BCUT2D eigenvalue weighted by Gasteiger charge is -2.29. The minimum Gasteiger partial charge on any atom is -0.490 e. The Bertz CT molecular complexity index is 1310. The zero-order valence-electron chi connectivity index (χ0n) is 22.9. The van der Waals surface area contributed by atoms with Gasteiger partial charge in [-0.2, -0.15) is 4.39 Å². The molecular weight excluding hydrogens is 516 g/mol. The normalized spacial score (nSPS) is 17.3. The van der Waals surface area contributed by atoms with Crippen LogP contribution in [0.5, 0.6) is 5.75 Å². The highest BCUT2D eigenvalue weighted by Gasteiger charge is 2.27. The van der Waals surface area contributed by atoms with E-state index in [2.05, 4.69) is 13.5 Å². The van der Waals surface area contributed by atoms with Gasteiger partial charge >= 0.3 is 0 Å². The largest absolute Gasteiger partial charge is 0.490 e. The van der Waals surface area contributed by atoms with Crippen molar-refractivity contribution in [3.63, 3.8) is 0 Å². The molecule has 0 heterocycles. The first kappa shape index (κ1) is 29.6. The molecule has 3 aromatic carbocycles. The van der Waals surface area contributed by atoms with Crippen LogP contribution in [-0.4, -0.2) is 19.3 Å². The van der Waals surface area contributed by atoms with Gasteiger partial charge in [0.25, 0.3) is 0 Å². The average Bonchev–Trinajstić information content (AvgIpc) is 2.97. The monoisotopic (exact) mass is 552 g/mol. The van der Waals surface area contributed by atoms with E-state index in [1.54, 1.807) is 48.6 Å². The van der Waals surface area contributed by atoms with E-state index < -0.39 is 23.3 Å². The molecule has 1 aliphatic rings. The van der Waals surface area contributed by atoms with Crippen molar-refractivity contribution in [3.8, 4) is 16.9 Å². The molecule has 0 atom stereocenters. The molecule has 0 radical (unpaired) electrons. The minimum absolute atomic E-state index is 0.0138. The third kappa shape index (κ3) is 7.22. The second-order valence-electron chi connectivity index (χ2n) is 10.2. The molecule has 0 bridgehead atoms. The lowest BCUT2D eigenvalue weighted by Crippen LogP contribution is -2.22. The Morgan fingerprint density at radius 2 is 1.55 bits per heavy atom. The van der Waals surface area contributed by atoms with Crippen LogP contribution in [0.25, 0.3) is 23.3 Å². The van der Waals surface area contributed by atoms with Crippen molar-refractivity contribution in [1.29, 1.82) is 0 Å². The molecule has 1 fully saturated rings. The summed E-state index contributed by atoms with van der Waals surface area (Å²) in [6.07, 6.45) is 10.9. The van der Waals surface area contributed by atoms with Gasteiger partial charge in [0.1, 0.15) is 0 Å². The summed E-state index contributed by atoms with van der Waals surface area (Å²) < 4.78 is 70.3. The zero-order chi connectivity index (χ0) is 28.5. The van der Waals surface area contributed by atoms with Crippen molar-refractivity contribution in [2.75, 3.05) is 13.2 Å². The summed E-state index contributed by atoms with van der Waals surface area (Å²) in [4.78, 5) is 0. The molecule has 2 nitrogen and oxygen atoms in total. The van der Waals surface area contributed by atoms with Gasteiger partial charge in [-0.1, -0.05) is 68.0 Å². The Morgan fingerprint density at radius 3 is 2.25 bits per heavy atom. The van der Waals surface area contributed by atoms with Crippen LogP contribution in [0.4, 0.5) is 17.6 Å². The molecule has 6 heteroatoms. The van der Waals surface area contributed by atoms with Gasteiger partial charge in [0.15, 0.2) is 23.2 Å². The number of ether oxygens (including phenoxy) is 2. The summed E-state index contributed by atoms with van der Waals surface area (Å²) in [7, 11) is 0. The van der Waals surface area contributed by atoms with E-state index in [9.17, 15) is 8.78 Å². The minimum atomic E-state index is -1.05. The van der Waals surface area contributed by atoms with Gasteiger partial charge in [0.05, 0.1) is 12.7 Å². The first-order chi connectivity index (χ1) is 19.4. The van der Waals surface area contributed by atoms with E-state index in [0.717, 1.165) is 45.1 Å². The van der Waals surface area contributed by atoms with Gasteiger partial charge in [-0.25, -0.2) is 13.2 Å². The third-order valence-corrected chi connectivity index (χ3v) is 7.41. The molecule has 4 rings (SSSR count). The fourth-order valence-corrected chi connectivity index (χ4v) is 5.04. The lowest BCUT2D eigenvalue weighted by molar-refractivity contribution is 0.0230. The average molecular weight is 553 g/mol. The molecule has 0 spiro atoms. The smallest absolute Gasteiger partial charge is 0.201 e. The quantitative estimate of drug-likeness (QED) is 0.0963. The van der Waals surface area contributed by atoms with Crippen molar-refractivity contribution < 1.29 is 27.0 Å². The van der Waals surface area contributed by atoms with Crippen molar-refractivity contribution in [1.82, 2.24) is 0 Å². The number of hydrogen-bond donors (Lipinski definition) is 0. The van der Waals surface area contributed by atoms with Crippen LogP contribution in [0.1, 0.15) is 74.5 Å².